The lowest BCUT2D eigenvalue weighted by Crippen LogP contribution is -2.48. The third-order valence-corrected chi connectivity index (χ3v) is 5.26. The van der Waals surface area contributed by atoms with Crippen molar-refractivity contribution in [2.24, 2.45) is 11.8 Å². The maximum atomic E-state index is 13.2. The Morgan fingerprint density at radius 1 is 1.12 bits per heavy atom. The molecule has 5 nitrogen and oxygen atoms in total. The molecule has 6 heteroatoms. The van der Waals surface area contributed by atoms with Gasteiger partial charge in [-0.15, -0.1) is 0 Å². The fraction of sp³-hybridized carbons (Fsp3) is 0.556. The highest BCUT2D eigenvalue weighted by Crippen LogP contribution is 2.38. The van der Waals surface area contributed by atoms with Gasteiger partial charge in [0, 0.05) is 13.1 Å². The second-order valence-electron chi connectivity index (χ2n) is 6.77. The first-order valence-electron chi connectivity index (χ1n) is 8.58. The standard InChI is InChI=1S/C18H23FN2O3/c19-15-6-4-13(5-7-15)16(12-2-1-3-12)20-18(24)21-10-8-14(9-11-21)17(22)23/h4-7,12,14,16H,1-3,8-11H2,(H,20,24)(H,22,23). The van der Waals surface area contributed by atoms with Crippen molar-refractivity contribution in [1.82, 2.24) is 10.2 Å². The molecule has 2 amide bonds. The van der Waals surface area contributed by atoms with Crippen LogP contribution in [0.3, 0.4) is 0 Å². The summed E-state index contributed by atoms with van der Waals surface area (Å²) in [5.74, 6) is -1.04. The lowest BCUT2D eigenvalue weighted by atomic mass is 9.77. The molecule has 1 unspecified atom stereocenters. The van der Waals surface area contributed by atoms with Crippen LogP contribution in [0.25, 0.3) is 0 Å². The zero-order valence-electron chi connectivity index (χ0n) is 13.6. The molecule has 2 fully saturated rings. The first kappa shape index (κ1) is 16.7. The molecular formula is C18H23FN2O3. The molecule has 1 atom stereocenters. The molecule has 1 saturated heterocycles. The number of urea groups is 1. The summed E-state index contributed by atoms with van der Waals surface area (Å²) in [6.45, 7) is 0.924. The largest absolute Gasteiger partial charge is 0.481 e. The lowest BCUT2D eigenvalue weighted by Gasteiger charge is -2.37. The van der Waals surface area contributed by atoms with Crippen LogP contribution < -0.4 is 5.32 Å². The van der Waals surface area contributed by atoms with Gasteiger partial charge >= 0.3 is 12.0 Å². The fourth-order valence-electron chi connectivity index (χ4n) is 3.47. The number of carbonyl (C=O) groups is 2. The summed E-state index contributed by atoms with van der Waals surface area (Å²) in [5.41, 5.74) is 0.926. The Labute approximate surface area is 140 Å². The first-order chi connectivity index (χ1) is 11.5. The number of likely N-dealkylation sites (tertiary alicyclic amines) is 1. The van der Waals surface area contributed by atoms with Crippen LogP contribution in [0.15, 0.2) is 24.3 Å². The molecule has 0 radical (unpaired) electrons. The zero-order chi connectivity index (χ0) is 17.1. The topological polar surface area (TPSA) is 69.6 Å². The number of halogens is 1. The molecule has 24 heavy (non-hydrogen) atoms. The van der Waals surface area contributed by atoms with Gasteiger partial charge in [0.15, 0.2) is 0 Å². The van der Waals surface area contributed by atoms with E-state index in [1.807, 2.05) is 0 Å². The molecular weight excluding hydrogens is 311 g/mol. The van der Waals surface area contributed by atoms with E-state index in [4.69, 9.17) is 5.11 Å². The van der Waals surface area contributed by atoms with Gasteiger partial charge in [-0.05, 0) is 49.3 Å². The van der Waals surface area contributed by atoms with Gasteiger partial charge in [0.25, 0.3) is 0 Å². The average Bonchev–Trinajstić information content (AvgIpc) is 2.53. The minimum absolute atomic E-state index is 0.107. The Kier molecular flexibility index (Phi) is 5.02. The van der Waals surface area contributed by atoms with Crippen molar-refractivity contribution in [1.29, 1.82) is 0 Å². The van der Waals surface area contributed by atoms with Crippen LogP contribution in [0, 0.1) is 17.7 Å². The van der Waals surface area contributed by atoms with Crippen molar-refractivity contribution < 1.29 is 19.1 Å². The Hall–Kier alpha value is -2.11. The highest BCUT2D eigenvalue weighted by Gasteiger charge is 2.32. The van der Waals surface area contributed by atoms with Gasteiger partial charge in [-0.1, -0.05) is 18.6 Å². The number of hydrogen-bond acceptors (Lipinski definition) is 2. The Bertz CT molecular complexity index is 593. The molecule has 3 rings (SSSR count). The van der Waals surface area contributed by atoms with E-state index in [0.717, 1.165) is 24.8 Å². The second kappa shape index (κ2) is 7.20. The quantitative estimate of drug-likeness (QED) is 0.888. The van der Waals surface area contributed by atoms with Crippen molar-refractivity contribution in [3.8, 4) is 0 Å². The zero-order valence-corrected chi connectivity index (χ0v) is 13.6. The van der Waals surface area contributed by atoms with Crippen LogP contribution in [-0.4, -0.2) is 35.1 Å². The Morgan fingerprint density at radius 3 is 2.25 bits per heavy atom. The number of aliphatic carboxylic acids is 1. The summed E-state index contributed by atoms with van der Waals surface area (Å²) in [7, 11) is 0. The number of nitrogens with one attached hydrogen (secondary N) is 1. The second-order valence-corrected chi connectivity index (χ2v) is 6.77. The van der Waals surface area contributed by atoms with Crippen LogP contribution >= 0.6 is 0 Å². The van der Waals surface area contributed by atoms with E-state index in [0.29, 0.717) is 31.8 Å². The molecule has 0 spiro atoms. The third kappa shape index (κ3) is 3.68. The number of carbonyl (C=O) groups excluding carboxylic acids is 1. The number of amides is 2. The van der Waals surface area contributed by atoms with E-state index in [-0.39, 0.29) is 23.8 Å². The van der Waals surface area contributed by atoms with Gasteiger partial charge in [0.05, 0.1) is 12.0 Å². The van der Waals surface area contributed by atoms with Gasteiger partial charge in [0.1, 0.15) is 5.82 Å². The molecule has 1 aromatic carbocycles. The molecule has 1 saturated carbocycles. The molecule has 130 valence electrons. The molecule has 0 aromatic heterocycles. The molecule has 1 aliphatic heterocycles. The van der Waals surface area contributed by atoms with Crippen molar-refractivity contribution >= 4 is 12.0 Å². The van der Waals surface area contributed by atoms with E-state index < -0.39 is 5.97 Å². The molecule has 1 aromatic rings. The summed E-state index contributed by atoms with van der Waals surface area (Å²) >= 11 is 0. The van der Waals surface area contributed by atoms with E-state index in [1.165, 1.54) is 12.1 Å². The van der Waals surface area contributed by atoms with Gasteiger partial charge in [-0.2, -0.15) is 0 Å². The fourth-order valence-corrected chi connectivity index (χ4v) is 3.47. The number of nitrogens with zero attached hydrogens (tertiary/aromatic N) is 1. The summed E-state index contributed by atoms with van der Waals surface area (Å²) in [6.07, 6.45) is 4.26. The lowest BCUT2D eigenvalue weighted by molar-refractivity contribution is -0.143. The monoisotopic (exact) mass is 334 g/mol. The summed E-state index contributed by atoms with van der Waals surface area (Å²) in [5, 5.41) is 12.1. The number of hydrogen-bond donors (Lipinski definition) is 2. The normalized spacial score (nSPS) is 20.3. The number of benzene rings is 1. The van der Waals surface area contributed by atoms with Gasteiger partial charge in [-0.3, -0.25) is 4.79 Å². The average molecular weight is 334 g/mol. The smallest absolute Gasteiger partial charge is 0.317 e. The first-order valence-corrected chi connectivity index (χ1v) is 8.58. The maximum absolute atomic E-state index is 13.2. The van der Waals surface area contributed by atoms with Gasteiger partial charge in [0.2, 0.25) is 0 Å². The predicted molar refractivity (Wildman–Crippen MR) is 86.9 cm³/mol. The highest BCUT2D eigenvalue weighted by molar-refractivity contribution is 5.76. The van der Waals surface area contributed by atoms with E-state index in [1.54, 1.807) is 17.0 Å². The van der Waals surface area contributed by atoms with Gasteiger partial charge in [-0.25, -0.2) is 9.18 Å². The maximum Gasteiger partial charge on any atom is 0.317 e. The molecule has 2 N–H and O–H groups in total. The van der Waals surface area contributed by atoms with Crippen molar-refractivity contribution in [3.63, 3.8) is 0 Å². The third-order valence-electron chi connectivity index (χ3n) is 5.26. The van der Waals surface area contributed by atoms with Gasteiger partial charge < -0.3 is 15.3 Å². The minimum atomic E-state index is -0.784. The van der Waals surface area contributed by atoms with Crippen molar-refractivity contribution in [3.05, 3.63) is 35.6 Å². The molecule has 0 bridgehead atoms. The highest BCUT2D eigenvalue weighted by atomic mass is 19.1. The number of rotatable bonds is 4. The van der Waals surface area contributed by atoms with E-state index in [2.05, 4.69) is 5.32 Å². The number of piperidine rings is 1. The van der Waals surface area contributed by atoms with Crippen LogP contribution in [0.1, 0.15) is 43.7 Å². The van der Waals surface area contributed by atoms with Crippen LogP contribution in [0.2, 0.25) is 0 Å². The SMILES string of the molecule is O=C(O)C1CCN(C(=O)NC(c2ccc(F)cc2)C2CCC2)CC1. The minimum Gasteiger partial charge on any atom is -0.481 e. The summed E-state index contributed by atoms with van der Waals surface area (Å²) in [6, 6.07) is 6.05. The van der Waals surface area contributed by atoms with E-state index in [9.17, 15) is 14.0 Å². The summed E-state index contributed by atoms with van der Waals surface area (Å²) < 4.78 is 13.2. The van der Waals surface area contributed by atoms with Crippen LogP contribution in [0.4, 0.5) is 9.18 Å². The van der Waals surface area contributed by atoms with Crippen molar-refractivity contribution in [2.45, 2.75) is 38.1 Å². The Balaban J connectivity index is 1.63. The number of carboxylic acid groups (broad SMARTS) is 1. The molecule has 1 aliphatic carbocycles. The molecule has 2 aliphatic rings. The molecule has 1 heterocycles. The van der Waals surface area contributed by atoms with Crippen LogP contribution in [-0.2, 0) is 4.79 Å². The Morgan fingerprint density at radius 2 is 1.75 bits per heavy atom. The van der Waals surface area contributed by atoms with Crippen molar-refractivity contribution in [2.75, 3.05) is 13.1 Å². The van der Waals surface area contributed by atoms with E-state index >= 15 is 0 Å². The number of carboxylic acids is 1. The predicted octanol–water partition coefficient (Wildman–Crippen LogP) is 3.17. The summed E-state index contributed by atoms with van der Waals surface area (Å²) in [4.78, 5) is 25.3. The van der Waals surface area contributed by atoms with Crippen LogP contribution in [0.5, 0.6) is 0 Å².